The van der Waals surface area contributed by atoms with E-state index in [9.17, 15) is 4.79 Å². The lowest BCUT2D eigenvalue weighted by Crippen LogP contribution is -2.44. The molecule has 2 aliphatic rings. The van der Waals surface area contributed by atoms with Gasteiger partial charge in [0.25, 0.3) is 0 Å². The molecule has 0 aromatic carbocycles. The molecule has 1 atom stereocenters. The first kappa shape index (κ1) is 12.7. The van der Waals surface area contributed by atoms with Gasteiger partial charge in [0.1, 0.15) is 0 Å². The molecular weight excluding hydrogens is 214 g/mol. The first-order valence-corrected chi connectivity index (χ1v) is 6.97. The number of carbonyl (C=O) groups is 1. The topological polar surface area (TPSA) is 44.4 Å². The van der Waals surface area contributed by atoms with Gasteiger partial charge in [0.05, 0.1) is 0 Å². The number of likely N-dealkylation sites (tertiary alicyclic amines) is 1. The fraction of sp³-hybridized carbons (Fsp3) is 0.923. The molecule has 1 saturated carbocycles. The van der Waals surface area contributed by atoms with Crippen LogP contribution in [0.3, 0.4) is 0 Å². The normalized spacial score (nSPS) is 27.0. The van der Waals surface area contributed by atoms with E-state index in [0.717, 1.165) is 32.5 Å². The van der Waals surface area contributed by atoms with Gasteiger partial charge in [-0.2, -0.15) is 0 Å². The maximum atomic E-state index is 11.7. The first-order valence-electron chi connectivity index (χ1n) is 6.97. The van der Waals surface area contributed by atoms with Crippen molar-refractivity contribution in [3.8, 4) is 0 Å². The van der Waals surface area contributed by atoms with Crippen molar-refractivity contribution in [2.24, 2.45) is 5.92 Å². The molecule has 2 amide bonds. The van der Waals surface area contributed by atoms with Gasteiger partial charge in [-0.1, -0.05) is 19.3 Å². The molecule has 98 valence electrons. The van der Waals surface area contributed by atoms with E-state index >= 15 is 0 Å². The van der Waals surface area contributed by atoms with Crippen LogP contribution in [0.1, 0.15) is 38.5 Å². The van der Waals surface area contributed by atoms with E-state index < -0.39 is 0 Å². The van der Waals surface area contributed by atoms with Gasteiger partial charge in [-0.15, -0.1) is 0 Å². The Morgan fingerprint density at radius 2 is 2.00 bits per heavy atom. The molecule has 2 rings (SSSR count). The number of rotatable bonds is 3. The lowest BCUT2D eigenvalue weighted by atomic mass is 9.96. The highest BCUT2D eigenvalue weighted by molar-refractivity contribution is 5.74. The molecule has 0 radical (unpaired) electrons. The molecule has 1 aliphatic carbocycles. The van der Waals surface area contributed by atoms with Crippen molar-refractivity contribution in [2.75, 3.05) is 26.7 Å². The van der Waals surface area contributed by atoms with Crippen LogP contribution in [-0.4, -0.2) is 43.7 Å². The Morgan fingerprint density at radius 3 is 2.65 bits per heavy atom. The predicted octanol–water partition coefficient (Wildman–Crippen LogP) is 1.57. The van der Waals surface area contributed by atoms with Gasteiger partial charge >= 0.3 is 6.03 Å². The Kier molecular flexibility index (Phi) is 4.66. The zero-order valence-electron chi connectivity index (χ0n) is 10.9. The molecule has 0 aromatic rings. The molecule has 0 aromatic heterocycles. The Hall–Kier alpha value is -0.770. The van der Waals surface area contributed by atoms with Crippen molar-refractivity contribution in [2.45, 2.75) is 44.6 Å². The highest BCUT2D eigenvalue weighted by atomic mass is 16.2. The fourth-order valence-electron chi connectivity index (χ4n) is 2.91. The second kappa shape index (κ2) is 6.24. The minimum absolute atomic E-state index is 0.0338. The van der Waals surface area contributed by atoms with Crippen LogP contribution < -0.4 is 10.6 Å². The average molecular weight is 239 g/mol. The van der Waals surface area contributed by atoms with E-state index in [1.807, 2.05) is 0 Å². The van der Waals surface area contributed by atoms with E-state index in [2.05, 4.69) is 22.6 Å². The summed E-state index contributed by atoms with van der Waals surface area (Å²) in [7, 11) is 2.14. The van der Waals surface area contributed by atoms with Crippen molar-refractivity contribution in [3.05, 3.63) is 0 Å². The summed E-state index contributed by atoms with van der Waals surface area (Å²) in [5, 5.41) is 6.11. The third kappa shape index (κ3) is 4.19. The van der Waals surface area contributed by atoms with Crippen LogP contribution in [0.2, 0.25) is 0 Å². The predicted molar refractivity (Wildman–Crippen MR) is 69.0 cm³/mol. The van der Waals surface area contributed by atoms with Gasteiger partial charge in [-0.25, -0.2) is 4.79 Å². The number of amides is 2. The monoisotopic (exact) mass is 239 g/mol. The average Bonchev–Trinajstić information content (AvgIpc) is 2.74. The summed E-state index contributed by atoms with van der Waals surface area (Å²) in [6.45, 7) is 3.10. The molecule has 0 spiro atoms. The third-order valence-electron chi connectivity index (χ3n) is 3.98. The van der Waals surface area contributed by atoms with Crippen molar-refractivity contribution in [3.63, 3.8) is 0 Å². The van der Waals surface area contributed by atoms with E-state index in [0.29, 0.717) is 12.0 Å². The van der Waals surface area contributed by atoms with Crippen LogP contribution in [-0.2, 0) is 0 Å². The van der Waals surface area contributed by atoms with Crippen LogP contribution in [0.25, 0.3) is 0 Å². The molecule has 2 N–H and O–H groups in total. The summed E-state index contributed by atoms with van der Waals surface area (Å²) in [6.07, 6.45) is 7.37. The van der Waals surface area contributed by atoms with Gasteiger partial charge < -0.3 is 15.5 Å². The van der Waals surface area contributed by atoms with Crippen LogP contribution in [0, 0.1) is 5.92 Å². The number of nitrogens with zero attached hydrogens (tertiary/aromatic N) is 1. The lowest BCUT2D eigenvalue weighted by molar-refractivity contribution is 0.230. The number of carbonyl (C=O) groups excluding carboxylic acids is 1. The van der Waals surface area contributed by atoms with Crippen molar-refractivity contribution in [1.29, 1.82) is 0 Å². The minimum Gasteiger partial charge on any atom is -0.338 e. The van der Waals surface area contributed by atoms with Crippen molar-refractivity contribution in [1.82, 2.24) is 15.5 Å². The number of hydrogen-bond donors (Lipinski definition) is 2. The van der Waals surface area contributed by atoms with E-state index in [4.69, 9.17) is 0 Å². The van der Waals surface area contributed by atoms with Crippen molar-refractivity contribution < 1.29 is 4.79 Å². The molecule has 17 heavy (non-hydrogen) atoms. The summed E-state index contributed by atoms with van der Waals surface area (Å²) >= 11 is 0. The van der Waals surface area contributed by atoms with E-state index in [1.165, 1.54) is 25.7 Å². The molecule has 4 nitrogen and oxygen atoms in total. The summed E-state index contributed by atoms with van der Waals surface area (Å²) in [5.41, 5.74) is 0. The summed E-state index contributed by atoms with van der Waals surface area (Å²) < 4.78 is 0. The molecule has 1 heterocycles. The largest absolute Gasteiger partial charge is 0.338 e. The van der Waals surface area contributed by atoms with Gasteiger partial charge in [0.15, 0.2) is 0 Å². The summed E-state index contributed by atoms with van der Waals surface area (Å²) in [4.78, 5) is 14.0. The standard InChI is InChI=1S/C13H25N3O/c1-16-8-7-11(10-16)9-14-13(17)15-12-5-3-2-4-6-12/h11-12H,2-10H2,1H3,(H2,14,15,17). The maximum Gasteiger partial charge on any atom is 0.315 e. The fourth-order valence-corrected chi connectivity index (χ4v) is 2.91. The van der Waals surface area contributed by atoms with Gasteiger partial charge in [0, 0.05) is 19.1 Å². The van der Waals surface area contributed by atoms with Gasteiger partial charge in [0.2, 0.25) is 0 Å². The molecule has 1 saturated heterocycles. The Labute approximate surface area is 104 Å². The lowest BCUT2D eigenvalue weighted by Gasteiger charge is -2.23. The second-order valence-corrected chi connectivity index (χ2v) is 5.61. The summed E-state index contributed by atoms with van der Waals surface area (Å²) in [6, 6.07) is 0.446. The minimum atomic E-state index is 0.0338. The van der Waals surface area contributed by atoms with Crippen molar-refractivity contribution >= 4 is 6.03 Å². The molecule has 4 heteroatoms. The highest BCUT2D eigenvalue weighted by Gasteiger charge is 2.20. The third-order valence-corrected chi connectivity index (χ3v) is 3.98. The zero-order chi connectivity index (χ0) is 12.1. The molecule has 0 bridgehead atoms. The van der Waals surface area contributed by atoms with Crippen LogP contribution in [0.4, 0.5) is 4.79 Å². The van der Waals surface area contributed by atoms with Gasteiger partial charge in [-0.3, -0.25) is 0 Å². The Bertz CT molecular complexity index is 251. The quantitative estimate of drug-likeness (QED) is 0.785. The number of hydrogen-bond acceptors (Lipinski definition) is 2. The molecular formula is C13H25N3O. The number of urea groups is 1. The molecule has 1 unspecified atom stereocenters. The summed E-state index contributed by atoms with van der Waals surface area (Å²) in [5.74, 6) is 0.636. The Balaban J connectivity index is 1.60. The van der Waals surface area contributed by atoms with E-state index in [1.54, 1.807) is 0 Å². The van der Waals surface area contributed by atoms with Gasteiger partial charge in [-0.05, 0) is 38.8 Å². The highest BCUT2D eigenvalue weighted by Crippen LogP contribution is 2.17. The smallest absolute Gasteiger partial charge is 0.315 e. The van der Waals surface area contributed by atoms with Crippen LogP contribution >= 0.6 is 0 Å². The second-order valence-electron chi connectivity index (χ2n) is 5.61. The van der Waals surface area contributed by atoms with Crippen LogP contribution in [0.5, 0.6) is 0 Å². The SMILES string of the molecule is CN1CCC(CNC(=O)NC2CCCCC2)C1. The Morgan fingerprint density at radius 1 is 1.24 bits per heavy atom. The zero-order valence-corrected chi connectivity index (χ0v) is 10.9. The number of nitrogens with one attached hydrogen (secondary N) is 2. The van der Waals surface area contributed by atoms with Crippen LogP contribution in [0.15, 0.2) is 0 Å². The first-order chi connectivity index (χ1) is 8.24. The molecule has 2 fully saturated rings. The maximum absolute atomic E-state index is 11.7. The molecule has 1 aliphatic heterocycles. The van der Waals surface area contributed by atoms with E-state index in [-0.39, 0.29) is 6.03 Å².